The highest BCUT2D eigenvalue weighted by Crippen LogP contribution is 2.25. The maximum absolute atomic E-state index is 13.0. The number of carbonyl (C=O) groups is 2. The number of ether oxygens (including phenoxy) is 1. The zero-order valence-corrected chi connectivity index (χ0v) is 15.1. The van der Waals surface area contributed by atoms with Crippen molar-refractivity contribution in [3.8, 4) is 0 Å². The molecule has 132 valence electrons. The van der Waals surface area contributed by atoms with Gasteiger partial charge in [0.1, 0.15) is 0 Å². The molecule has 5 heteroatoms. The number of amides is 2. The first-order chi connectivity index (χ1) is 11.5. The number of aryl methyl sites for hydroxylation is 1. The Morgan fingerprint density at radius 3 is 2.75 bits per heavy atom. The first-order valence-electron chi connectivity index (χ1n) is 8.59. The number of nitrogens with zero attached hydrogens (tertiary/aromatic N) is 1. The molecule has 5 nitrogen and oxygen atoms in total. The number of nitrogens with one attached hydrogen (secondary N) is 1. The standard InChI is InChI=1S/C19H28N2O3/c1-13-6-5-7-17(15(13)3)19(23)21-12-16(9-8-14(21)2)18(22)20-10-11-24-4/h5-7,14,16H,8-12H2,1-4H3,(H,20,22)/t14-,16-/m1/s1. The van der Waals surface area contributed by atoms with Crippen LogP contribution in [0.4, 0.5) is 0 Å². The Hall–Kier alpha value is -1.88. The molecule has 1 fully saturated rings. The molecule has 1 aromatic rings. The lowest BCUT2D eigenvalue weighted by Crippen LogP contribution is -2.49. The second-order valence-electron chi connectivity index (χ2n) is 6.61. The van der Waals surface area contributed by atoms with Gasteiger partial charge >= 0.3 is 0 Å². The maximum atomic E-state index is 13.0. The van der Waals surface area contributed by atoms with Crippen molar-refractivity contribution < 1.29 is 14.3 Å². The molecule has 2 atom stereocenters. The monoisotopic (exact) mass is 332 g/mol. The lowest BCUT2D eigenvalue weighted by molar-refractivity contribution is -0.126. The van der Waals surface area contributed by atoms with Gasteiger partial charge < -0.3 is 15.0 Å². The first kappa shape index (κ1) is 18.5. The molecule has 1 aromatic carbocycles. The van der Waals surface area contributed by atoms with Crippen LogP contribution < -0.4 is 5.32 Å². The summed E-state index contributed by atoms with van der Waals surface area (Å²) >= 11 is 0. The molecular weight excluding hydrogens is 304 g/mol. The van der Waals surface area contributed by atoms with Gasteiger partial charge in [0.15, 0.2) is 0 Å². The molecule has 1 aliphatic heterocycles. The van der Waals surface area contributed by atoms with E-state index in [1.165, 1.54) is 0 Å². The SMILES string of the molecule is COCCNC(=O)[C@@H]1CC[C@@H](C)N(C(=O)c2cccc(C)c2C)C1. The van der Waals surface area contributed by atoms with E-state index in [9.17, 15) is 9.59 Å². The van der Waals surface area contributed by atoms with E-state index >= 15 is 0 Å². The van der Waals surface area contributed by atoms with E-state index in [1.807, 2.05) is 36.9 Å². The largest absolute Gasteiger partial charge is 0.383 e. The number of hydrogen-bond acceptors (Lipinski definition) is 3. The van der Waals surface area contributed by atoms with Crippen LogP contribution >= 0.6 is 0 Å². The molecule has 0 spiro atoms. The highest BCUT2D eigenvalue weighted by Gasteiger charge is 2.33. The van der Waals surface area contributed by atoms with Gasteiger partial charge in [-0.05, 0) is 50.8 Å². The summed E-state index contributed by atoms with van der Waals surface area (Å²) in [5.74, 6) is -0.108. The van der Waals surface area contributed by atoms with Crippen LogP contribution in [-0.2, 0) is 9.53 Å². The Morgan fingerprint density at radius 2 is 2.04 bits per heavy atom. The Bertz CT molecular complexity index is 600. The number of hydrogen-bond donors (Lipinski definition) is 1. The van der Waals surface area contributed by atoms with Crippen molar-refractivity contribution in [2.75, 3.05) is 26.8 Å². The van der Waals surface area contributed by atoms with Crippen LogP contribution in [0.5, 0.6) is 0 Å². The summed E-state index contributed by atoms with van der Waals surface area (Å²) in [6, 6.07) is 5.96. The molecule has 2 amide bonds. The number of carbonyl (C=O) groups excluding carboxylic acids is 2. The minimum Gasteiger partial charge on any atom is -0.383 e. The Morgan fingerprint density at radius 1 is 1.29 bits per heavy atom. The van der Waals surface area contributed by atoms with Crippen molar-refractivity contribution in [3.63, 3.8) is 0 Å². The third kappa shape index (κ3) is 4.15. The quantitative estimate of drug-likeness (QED) is 0.842. The van der Waals surface area contributed by atoms with Gasteiger partial charge in [-0.15, -0.1) is 0 Å². The van der Waals surface area contributed by atoms with Crippen molar-refractivity contribution in [2.24, 2.45) is 5.92 Å². The molecule has 0 unspecified atom stereocenters. The fourth-order valence-corrected chi connectivity index (χ4v) is 3.16. The Balaban J connectivity index is 2.09. The van der Waals surface area contributed by atoms with Gasteiger partial charge in [0, 0.05) is 31.8 Å². The minimum absolute atomic E-state index is 0.0118. The van der Waals surface area contributed by atoms with Crippen LogP contribution in [0.2, 0.25) is 0 Å². The zero-order chi connectivity index (χ0) is 17.7. The summed E-state index contributed by atoms with van der Waals surface area (Å²) in [6.45, 7) is 7.53. The van der Waals surface area contributed by atoms with Crippen molar-refractivity contribution >= 4 is 11.8 Å². The molecule has 0 aromatic heterocycles. The summed E-state index contributed by atoms with van der Waals surface area (Å²) in [7, 11) is 1.61. The molecule has 1 heterocycles. The Kier molecular flexibility index (Phi) is 6.37. The maximum Gasteiger partial charge on any atom is 0.254 e. The van der Waals surface area contributed by atoms with Crippen LogP contribution in [0.15, 0.2) is 18.2 Å². The van der Waals surface area contributed by atoms with E-state index in [1.54, 1.807) is 7.11 Å². The topological polar surface area (TPSA) is 58.6 Å². The smallest absolute Gasteiger partial charge is 0.254 e. The van der Waals surface area contributed by atoms with Crippen molar-refractivity contribution in [1.29, 1.82) is 0 Å². The summed E-state index contributed by atoms with van der Waals surface area (Å²) in [4.78, 5) is 27.1. The minimum atomic E-state index is -0.146. The summed E-state index contributed by atoms with van der Waals surface area (Å²) in [6.07, 6.45) is 1.66. The third-order valence-electron chi connectivity index (χ3n) is 4.95. The van der Waals surface area contributed by atoms with E-state index in [-0.39, 0.29) is 23.8 Å². The van der Waals surface area contributed by atoms with Gasteiger partial charge in [-0.1, -0.05) is 12.1 Å². The molecular formula is C19H28N2O3. The van der Waals surface area contributed by atoms with E-state index in [2.05, 4.69) is 12.2 Å². The summed E-state index contributed by atoms with van der Waals surface area (Å²) in [5.41, 5.74) is 2.86. The van der Waals surface area contributed by atoms with E-state index in [0.29, 0.717) is 19.7 Å². The number of benzene rings is 1. The molecule has 0 saturated carbocycles. The first-order valence-corrected chi connectivity index (χ1v) is 8.59. The third-order valence-corrected chi connectivity index (χ3v) is 4.95. The van der Waals surface area contributed by atoms with Gasteiger partial charge in [-0.25, -0.2) is 0 Å². The summed E-state index contributed by atoms with van der Waals surface area (Å²) < 4.78 is 4.96. The Labute approximate surface area is 144 Å². The fraction of sp³-hybridized carbons (Fsp3) is 0.579. The molecule has 0 aliphatic carbocycles. The van der Waals surface area contributed by atoms with Crippen LogP contribution in [-0.4, -0.2) is 49.6 Å². The highest BCUT2D eigenvalue weighted by molar-refractivity contribution is 5.96. The van der Waals surface area contributed by atoms with Crippen molar-refractivity contribution in [2.45, 2.75) is 39.7 Å². The average molecular weight is 332 g/mol. The van der Waals surface area contributed by atoms with E-state index < -0.39 is 0 Å². The van der Waals surface area contributed by atoms with Crippen LogP contribution in [0, 0.1) is 19.8 Å². The van der Waals surface area contributed by atoms with Crippen LogP contribution in [0.3, 0.4) is 0 Å². The fourth-order valence-electron chi connectivity index (χ4n) is 3.16. The van der Waals surface area contributed by atoms with Gasteiger partial charge in [0.25, 0.3) is 5.91 Å². The normalized spacial score (nSPS) is 20.8. The molecule has 1 aliphatic rings. The second-order valence-corrected chi connectivity index (χ2v) is 6.61. The number of likely N-dealkylation sites (tertiary alicyclic amines) is 1. The van der Waals surface area contributed by atoms with Gasteiger partial charge in [0.05, 0.1) is 12.5 Å². The van der Waals surface area contributed by atoms with E-state index in [0.717, 1.165) is 29.5 Å². The number of piperidine rings is 1. The van der Waals surface area contributed by atoms with Crippen LogP contribution in [0.1, 0.15) is 41.3 Å². The van der Waals surface area contributed by atoms with Gasteiger partial charge in [0.2, 0.25) is 5.91 Å². The predicted molar refractivity (Wildman–Crippen MR) is 94.0 cm³/mol. The van der Waals surface area contributed by atoms with Crippen LogP contribution in [0.25, 0.3) is 0 Å². The van der Waals surface area contributed by atoms with Gasteiger partial charge in [-0.2, -0.15) is 0 Å². The number of methoxy groups -OCH3 is 1. The molecule has 0 radical (unpaired) electrons. The molecule has 24 heavy (non-hydrogen) atoms. The molecule has 0 bridgehead atoms. The zero-order valence-electron chi connectivity index (χ0n) is 15.1. The van der Waals surface area contributed by atoms with Crippen molar-refractivity contribution in [1.82, 2.24) is 10.2 Å². The lowest BCUT2D eigenvalue weighted by Gasteiger charge is -2.37. The molecule has 1 N–H and O–H groups in total. The second kappa shape index (κ2) is 8.29. The average Bonchev–Trinajstić information content (AvgIpc) is 2.57. The number of rotatable bonds is 5. The van der Waals surface area contributed by atoms with Gasteiger partial charge in [-0.3, -0.25) is 9.59 Å². The molecule has 1 saturated heterocycles. The van der Waals surface area contributed by atoms with Crippen molar-refractivity contribution in [3.05, 3.63) is 34.9 Å². The van der Waals surface area contributed by atoms with E-state index in [4.69, 9.17) is 4.74 Å². The highest BCUT2D eigenvalue weighted by atomic mass is 16.5. The lowest BCUT2D eigenvalue weighted by atomic mass is 9.91. The summed E-state index contributed by atoms with van der Waals surface area (Å²) in [5, 5.41) is 2.89. The predicted octanol–water partition coefficient (Wildman–Crippen LogP) is 2.31. The molecule has 2 rings (SSSR count).